The number of aryl methyl sites for hydroxylation is 2. The smallest absolute Gasteiger partial charge is 0.306 e. The summed E-state index contributed by atoms with van der Waals surface area (Å²) in [6.45, 7) is 5.20. The van der Waals surface area contributed by atoms with Crippen molar-refractivity contribution in [3.05, 3.63) is 99.0 Å². The van der Waals surface area contributed by atoms with Crippen LogP contribution in [0.25, 0.3) is 0 Å². The Morgan fingerprint density at radius 2 is 1.71 bits per heavy atom. The highest BCUT2D eigenvalue weighted by atomic mass is 16.4. The van der Waals surface area contributed by atoms with Crippen molar-refractivity contribution in [3.63, 3.8) is 0 Å². The normalized spacial score (nSPS) is 15.2. The Morgan fingerprint density at radius 3 is 2.32 bits per heavy atom. The Hall–Kier alpha value is -3.67. The quantitative estimate of drug-likeness (QED) is 0.501. The number of Topliss-reactive ketones (excluding diaryl/α,β-unsaturated/α-hetero) is 1. The summed E-state index contributed by atoms with van der Waals surface area (Å²) in [4.78, 5) is 41.0. The third kappa shape index (κ3) is 5.11. The molecule has 1 aliphatic heterocycles. The molecule has 1 fully saturated rings. The maximum atomic E-state index is 13.2. The fraction of sp³-hybridized carbons (Fsp3) is 0.321. The first-order valence-corrected chi connectivity index (χ1v) is 11.7. The number of ketones is 1. The molecular formula is C28H30N2O4. The molecule has 1 saturated heterocycles. The maximum absolute atomic E-state index is 13.2. The Kier molecular flexibility index (Phi) is 6.96. The molecule has 0 bridgehead atoms. The van der Waals surface area contributed by atoms with Gasteiger partial charge in [0, 0.05) is 48.4 Å². The van der Waals surface area contributed by atoms with Gasteiger partial charge in [0.25, 0.3) is 5.56 Å². The van der Waals surface area contributed by atoms with Gasteiger partial charge in [-0.15, -0.1) is 0 Å². The van der Waals surface area contributed by atoms with E-state index in [1.54, 1.807) is 13.0 Å². The predicted molar refractivity (Wildman–Crippen MR) is 133 cm³/mol. The number of carbonyl (C=O) groups excluding carboxylic acids is 1. The number of aromatic nitrogens is 1. The first-order chi connectivity index (χ1) is 16.3. The minimum absolute atomic E-state index is 0.0209. The third-order valence-corrected chi connectivity index (χ3v) is 6.87. The number of hydrogen-bond donors (Lipinski definition) is 2. The van der Waals surface area contributed by atoms with E-state index in [4.69, 9.17) is 0 Å². The van der Waals surface area contributed by atoms with E-state index >= 15 is 0 Å². The van der Waals surface area contributed by atoms with Crippen LogP contribution in [0, 0.1) is 19.8 Å². The summed E-state index contributed by atoms with van der Waals surface area (Å²) >= 11 is 0. The van der Waals surface area contributed by atoms with E-state index in [2.05, 4.69) is 53.2 Å². The lowest BCUT2D eigenvalue weighted by molar-refractivity contribution is -0.142. The van der Waals surface area contributed by atoms with E-state index in [0.717, 1.165) is 35.5 Å². The highest BCUT2D eigenvalue weighted by molar-refractivity contribution is 5.96. The Bertz CT molecular complexity index is 1240. The van der Waals surface area contributed by atoms with Crippen molar-refractivity contribution in [2.24, 2.45) is 5.92 Å². The summed E-state index contributed by atoms with van der Waals surface area (Å²) in [5.74, 6) is -1.11. The van der Waals surface area contributed by atoms with E-state index in [1.165, 1.54) is 6.20 Å². The topological polar surface area (TPSA) is 90.5 Å². The summed E-state index contributed by atoms with van der Waals surface area (Å²) in [7, 11) is 0. The van der Waals surface area contributed by atoms with Crippen LogP contribution < -0.4 is 10.5 Å². The molecular weight excluding hydrogens is 428 g/mol. The number of benzene rings is 2. The molecule has 3 aromatic rings. The summed E-state index contributed by atoms with van der Waals surface area (Å²) in [6.07, 6.45) is 3.09. The van der Waals surface area contributed by atoms with Crippen LogP contribution in [0.5, 0.6) is 0 Å². The first-order valence-electron chi connectivity index (χ1n) is 11.7. The summed E-state index contributed by atoms with van der Waals surface area (Å²) < 4.78 is 0. The highest BCUT2D eigenvalue weighted by Crippen LogP contribution is 2.33. The lowest BCUT2D eigenvalue weighted by Gasteiger charge is -2.32. The van der Waals surface area contributed by atoms with E-state index in [9.17, 15) is 19.5 Å². The zero-order chi connectivity index (χ0) is 24.2. The molecule has 1 aliphatic rings. The largest absolute Gasteiger partial charge is 0.481 e. The number of carboxylic acid groups (broad SMARTS) is 1. The molecule has 1 unspecified atom stereocenters. The molecule has 34 heavy (non-hydrogen) atoms. The van der Waals surface area contributed by atoms with Crippen LogP contribution >= 0.6 is 0 Å². The number of carboxylic acids is 1. The molecule has 4 rings (SSSR count). The van der Waals surface area contributed by atoms with E-state index in [0.29, 0.717) is 30.4 Å². The van der Waals surface area contributed by atoms with Crippen molar-refractivity contribution < 1.29 is 14.7 Å². The molecule has 2 heterocycles. The van der Waals surface area contributed by atoms with E-state index in [-0.39, 0.29) is 23.2 Å². The number of pyridine rings is 1. The second-order valence-electron chi connectivity index (χ2n) is 9.13. The molecule has 0 spiro atoms. The minimum atomic E-state index is -0.710. The monoisotopic (exact) mass is 458 g/mol. The van der Waals surface area contributed by atoms with Gasteiger partial charge in [-0.25, -0.2) is 0 Å². The molecule has 2 aromatic carbocycles. The molecule has 0 aliphatic carbocycles. The fourth-order valence-corrected chi connectivity index (χ4v) is 4.75. The average Bonchev–Trinajstić information content (AvgIpc) is 2.85. The third-order valence-electron chi connectivity index (χ3n) is 6.87. The number of nitrogens with zero attached hydrogens (tertiary/aromatic N) is 1. The molecule has 6 heteroatoms. The van der Waals surface area contributed by atoms with Crippen molar-refractivity contribution >= 4 is 17.4 Å². The highest BCUT2D eigenvalue weighted by Gasteiger charge is 2.25. The number of aromatic amines is 1. The lowest BCUT2D eigenvalue weighted by atomic mass is 9.83. The Balaban J connectivity index is 1.59. The van der Waals surface area contributed by atoms with Gasteiger partial charge in [-0.2, -0.15) is 0 Å². The predicted octanol–water partition coefficient (Wildman–Crippen LogP) is 4.70. The Labute approximate surface area is 199 Å². The Morgan fingerprint density at radius 1 is 1.03 bits per heavy atom. The van der Waals surface area contributed by atoms with Gasteiger partial charge >= 0.3 is 5.97 Å². The number of anilines is 1. The molecule has 0 amide bonds. The SMILES string of the molecule is Cc1ccccc1C(CC(=O)c1c[nH]c(=O)c(C)c1)c1ccc(N2CCC(C(=O)O)CC2)cc1. The van der Waals surface area contributed by atoms with Crippen LogP contribution in [0.3, 0.4) is 0 Å². The number of aliphatic carboxylic acids is 1. The maximum Gasteiger partial charge on any atom is 0.306 e. The summed E-state index contributed by atoms with van der Waals surface area (Å²) in [5.41, 5.74) is 5.19. The number of rotatable bonds is 7. The van der Waals surface area contributed by atoms with E-state index < -0.39 is 5.97 Å². The molecule has 6 nitrogen and oxygen atoms in total. The molecule has 2 N–H and O–H groups in total. The minimum Gasteiger partial charge on any atom is -0.481 e. The molecule has 1 aromatic heterocycles. The first kappa shape index (κ1) is 23.5. The number of carbonyl (C=O) groups is 2. The lowest BCUT2D eigenvalue weighted by Crippen LogP contribution is -2.36. The van der Waals surface area contributed by atoms with Gasteiger partial charge in [0.2, 0.25) is 0 Å². The summed E-state index contributed by atoms with van der Waals surface area (Å²) in [5, 5.41) is 9.24. The van der Waals surface area contributed by atoms with Crippen molar-refractivity contribution in [1.82, 2.24) is 4.98 Å². The van der Waals surface area contributed by atoms with Gasteiger partial charge in [0.15, 0.2) is 5.78 Å². The number of piperidine rings is 1. The standard InChI is InChI=1S/C28H30N2O4/c1-18-5-3-4-6-24(18)25(16-26(31)22-15-19(2)27(32)29-17-22)20-7-9-23(10-8-20)30-13-11-21(12-14-30)28(33)34/h3-10,15,17,21,25H,11-14,16H2,1-2H3,(H,29,32)(H,33,34). The summed E-state index contributed by atoms with van der Waals surface area (Å²) in [6, 6.07) is 18.0. The van der Waals surface area contributed by atoms with Crippen LogP contribution in [0.4, 0.5) is 5.69 Å². The number of hydrogen-bond acceptors (Lipinski definition) is 4. The molecule has 0 saturated carbocycles. The second-order valence-corrected chi connectivity index (χ2v) is 9.13. The average molecular weight is 459 g/mol. The van der Waals surface area contributed by atoms with Crippen molar-refractivity contribution in [2.75, 3.05) is 18.0 Å². The van der Waals surface area contributed by atoms with Crippen LogP contribution in [0.1, 0.15) is 57.8 Å². The van der Waals surface area contributed by atoms with Gasteiger partial charge < -0.3 is 15.0 Å². The van der Waals surface area contributed by atoms with Crippen LogP contribution in [0.15, 0.2) is 65.6 Å². The molecule has 176 valence electrons. The number of nitrogens with one attached hydrogen (secondary N) is 1. The van der Waals surface area contributed by atoms with E-state index in [1.807, 2.05) is 12.1 Å². The second kappa shape index (κ2) is 10.1. The molecule has 1 atom stereocenters. The zero-order valence-electron chi connectivity index (χ0n) is 19.6. The van der Waals surface area contributed by atoms with Gasteiger partial charge in [-0.3, -0.25) is 14.4 Å². The van der Waals surface area contributed by atoms with Crippen molar-refractivity contribution in [2.45, 2.75) is 39.0 Å². The fourth-order valence-electron chi connectivity index (χ4n) is 4.75. The van der Waals surface area contributed by atoms with Gasteiger partial charge in [-0.05, 0) is 61.6 Å². The van der Waals surface area contributed by atoms with Gasteiger partial charge in [0.1, 0.15) is 0 Å². The number of H-pyrrole nitrogens is 1. The van der Waals surface area contributed by atoms with Crippen LogP contribution in [0.2, 0.25) is 0 Å². The van der Waals surface area contributed by atoms with Crippen molar-refractivity contribution in [3.8, 4) is 0 Å². The van der Waals surface area contributed by atoms with Gasteiger partial charge in [0.05, 0.1) is 5.92 Å². The van der Waals surface area contributed by atoms with Crippen LogP contribution in [-0.4, -0.2) is 34.9 Å². The van der Waals surface area contributed by atoms with Crippen LogP contribution in [-0.2, 0) is 4.79 Å². The van der Waals surface area contributed by atoms with Crippen molar-refractivity contribution in [1.29, 1.82) is 0 Å². The van der Waals surface area contributed by atoms with Gasteiger partial charge in [-0.1, -0.05) is 36.4 Å². The molecule has 0 radical (unpaired) electrons. The zero-order valence-corrected chi connectivity index (χ0v) is 19.6.